The van der Waals surface area contributed by atoms with E-state index < -0.39 is 11.4 Å². The summed E-state index contributed by atoms with van der Waals surface area (Å²) in [5, 5.41) is 14.5. The minimum atomic E-state index is -0.604. The Labute approximate surface area is 220 Å². The van der Waals surface area contributed by atoms with Crippen LogP contribution in [0.4, 0.5) is 0 Å². The number of allylic oxidation sites excluding steroid dienone is 5. The van der Waals surface area contributed by atoms with E-state index in [0.29, 0.717) is 5.92 Å². The van der Waals surface area contributed by atoms with Crippen molar-refractivity contribution < 1.29 is 14.6 Å². The normalized spacial score (nSPS) is 30.0. The number of aromatic nitrogens is 1. The molecule has 0 spiro atoms. The smallest absolute Gasteiger partial charge is 0.309 e. The Hall–Kier alpha value is -2.92. The van der Waals surface area contributed by atoms with Crippen LogP contribution in [-0.2, 0) is 11.3 Å². The van der Waals surface area contributed by atoms with Gasteiger partial charge in [0, 0.05) is 17.5 Å². The van der Waals surface area contributed by atoms with E-state index in [1.807, 2.05) is 12.2 Å². The summed E-state index contributed by atoms with van der Waals surface area (Å²) < 4.78 is 6.38. The zero-order valence-corrected chi connectivity index (χ0v) is 22.0. The standard InChI is InChI=1S/C32H40N2O3/c1-3-4-5-6-23(2)24-8-11-27(12-9-24)37-28-13-14-29-25(21-28)7-10-26(34-29)22-33-32-18-15-31(16-19-32,17-20-32)30(35)36/h3-7,10,13-14,21,24,27,33H,1,8-9,11-12,15-20,22H2,2H3,(H,35,36)/b5-4-,23-6+/t24-,27-,31?,32?. The summed E-state index contributed by atoms with van der Waals surface area (Å²) in [5.41, 5.74) is 3.06. The molecule has 4 aliphatic rings. The number of fused-ring (bicyclic) bond motifs is 4. The lowest BCUT2D eigenvalue weighted by atomic mass is 9.57. The number of hydrogen-bond donors (Lipinski definition) is 2. The topological polar surface area (TPSA) is 71.5 Å². The second kappa shape index (κ2) is 10.8. The molecule has 6 rings (SSSR count). The summed E-state index contributed by atoms with van der Waals surface area (Å²) in [5.74, 6) is 0.964. The van der Waals surface area contributed by atoms with E-state index >= 15 is 0 Å². The van der Waals surface area contributed by atoms with Crippen molar-refractivity contribution in [3.8, 4) is 5.75 Å². The average molecular weight is 501 g/mol. The molecule has 4 fully saturated rings. The number of nitrogens with zero attached hydrogens (tertiary/aromatic N) is 1. The molecule has 0 saturated heterocycles. The van der Waals surface area contributed by atoms with Crippen LogP contribution in [0.5, 0.6) is 5.75 Å². The van der Waals surface area contributed by atoms with Gasteiger partial charge in [0.25, 0.3) is 0 Å². The number of benzene rings is 1. The van der Waals surface area contributed by atoms with Gasteiger partial charge in [-0.15, -0.1) is 0 Å². The molecule has 0 atom stereocenters. The Morgan fingerprint density at radius 2 is 1.81 bits per heavy atom. The molecule has 4 saturated carbocycles. The number of carboxylic acids is 1. The minimum Gasteiger partial charge on any atom is -0.490 e. The molecule has 4 aliphatic carbocycles. The van der Waals surface area contributed by atoms with Crippen molar-refractivity contribution >= 4 is 16.9 Å². The highest BCUT2D eigenvalue weighted by atomic mass is 16.5. The first-order valence-corrected chi connectivity index (χ1v) is 13.9. The van der Waals surface area contributed by atoms with Crippen molar-refractivity contribution in [2.45, 2.75) is 89.3 Å². The highest BCUT2D eigenvalue weighted by molar-refractivity contribution is 5.80. The van der Waals surface area contributed by atoms with Crippen molar-refractivity contribution in [3.05, 3.63) is 72.5 Å². The van der Waals surface area contributed by atoms with Gasteiger partial charge in [0.1, 0.15) is 5.75 Å². The molecule has 0 unspecified atom stereocenters. The van der Waals surface area contributed by atoms with E-state index in [2.05, 4.69) is 61.3 Å². The number of pyridine rings is 1. The van der Waals surface area contributed by atoms with Crippen LogP contribution < -0.4 is 10.1 Å². The molecule has 1 aromatic heterocycles. The molecule has 1 heterocycles. The summed E-state index contributed by atoms with van der Waals surface area (Å²) >= 11 is 0. The predicted molar refractivity (Wildman–Crippen MR) is 149 cm³/mol. The molecule has 0 amide bonds. The first-order valence-electron chi connectivity index (χ1n) is 13.9. The molecular weight excluding hydrogens is 460 g/mol. The van der Waals surface area contributed by atoms with Crippen molar-refractivity contribution in [2.75, 3.05) is 0 Å². The van der Waals surface area contributed by atoms with Gasteiger partial charge in [-0.05, 0) is 101 Å². The maximum Gasteiger partial charge on any atom is 0.309 e. The maximum atomic E-state index is 11.7. The largest absolute Gasteiger partial charge is 0.490 e. The van der Waals surface area contributed by atoms with Crippen molar-refractivity contribution in [1.29, 1.82) is 0 Å². The Kier molecular flexibility index (Phi) is 7.52. The fourth-order valence-electron chi connectivity index (χ4n) is 6.62. The molecule has 196 valence electrons. The van der Waals surface area contributed by atoms with Crippen LogP contribution in [0.3, 0.4) is 0 Å². The highest BCUT2D eigenvalue weighted by Gasteiger charge is 2.52. The molecule has 1 aromatic carbocycles. The molecule has 2 aromatic rings. The van der Waals surface area contributed by atoms with Gasteiger partial charge in [0.15, 0.2) is 0 Å². The van der Waals surface area contributed by atoms with Gasteiger partial charge in [-0.3, -0.25) is 9.78 Å². The average Bonchev–Trinajstić information content (AvgIpc) is 2.93. The molecule has 37 heavy (non-hydrogen) atoms. The van der Waals surface area contributed by atoms with Crippen LogP contribution in [0.2, 0.25) is 0 Å². The molecule has 5 heteroatoms. The SMILES string of the molecule is C=C/C=C\C=C(/C)[C@H]1CC[C@H](Oc2ccc3nc(CNC45CCC(C(=O)O)(CC4)CC5)ccc3c2)CC1. The van der Waals surface area contributed by atoms with Crippen LogP contribution >= 0.6 is 0 Å². The van der Waals surface area contributed by atoms with E-state index in [-0.39, 0.29) is 11.6 Å². The lowest BCUT2D eigenvalue weighted by molar-refractivity contribution is -0.156. The number of carboxylic acid groups (broad SMARTS) is 1. The Balaban J connectivity index is 1.15. The minimum absolute atomic E-state index is 0.0706. The van der Waals surface area contributed by atoms with Crippen LogP contribution in [-0.4, -0.2) is 27.7 Å². The van der Waals surface area contributed by atoms with Gasteiger partial charge in [-0.2, -0.15) is 0 Å². The van der Waals surface area contributed by atoms with Gasteiger partial charge in [-0.25, -0.2) is 0 Å². The highest BCUT2D eigenvalue weighted by Crippen LogP contribution is 2.52. The third-order valence-corrected chi connectivity index (χ3v) is 9.29. The molecule has 2 N–H and O–H groups in total. The summed E-state index contributed by atoms with van der Waals surface area (Å²) in [6, 6.07) is 10.5. The Bertz CT molecular complexity index is 1180. The van der Waals surface area contributed by atoms with Crippen molar-refractivity contribution in [3.63, 3.8) is 0 Å². The van der Waals surface area contributed by atoms with E-state index in [0.717, 1.165) is 80.3 Å². The van der Waals surface area contributed by atoms with Crippen LogP contribution in [0.25, 0.3) is 10.9 Å². The van der Waals surface area contributed by atoms with Crippen LogP contribution in [0, 0.1) is 11.3 Å². The summed E-state index contributed by atoms with van der Waals surface area (Å²) in [7, 11) is 0. The van der Waals surface area contributed by atoms with Crippen LogP contribution in [0.1, 0.15) is 76.8 Å². The van der Waals surface area contributed by atoms with Gasteiger partial charge in [0.2, 0.25) is 0 Å². The number of ether oxygens (including phenoxy) is 1. The van der Waals surface area contributed by atoms with E-state index in [1.54, 1.807) is 0 Å². The summed E-state index contributed by atoms with van der Waals surface area (Å²) in [4.78, 5) is 16.6. The van der Waals surface area contributed by atoms with Crippen molar-refractivity contribution in [2.24, 2.45) is 11.3 Å². The number of nitrogens with one attached hydrogen (secondary N) is 1. The van der Waals surface area contributed by atoms with E-state index in [4.69, 9.17) is 9.72 Å². The zero-order valence-electron chi connectivity index (χ0n) is 22.0. The number of rotatable bonds is 9. The monoisotopic (exact) mass is 500 g/mol. The second-order valence-corrected chi connectivity index (χ2v) is 11.5. The van der Waals surface area contributed by atoms with Gasteiger partial charge < -0.3 is 15.2 Å². The van der Waals surface area contributed by atoms with E-state index in [1.165, 1.54) is 18.4 Å². The van der Waals surface area contributed by atoms with Crippen LogP contribution in [0.15, 0.2) is 66.8 Å². The predicted octanol–water partition coefficient (Wildman–Crippen LogP) is 7.13. The van der Waals surface area contributed by atoms with Gasteiger partial charge >= 0.3 is 5.97 Å². The Morgan fingerprint density at radius 1 is 1.08 bits per heavy atom. The van der Waals surface area contributed by atoms with Crippen molar-refractivity contribution in [1.82, 2.24) is 10.3 Å². The zero-order chi connectivity index (χ0) is 25.9. The van der Waals surface area contributed by atoms with Gasteiger partial charge in [0.05, 0.1) is 22.7 Å². The first-order chi connectivity index (χ1) is 17.9. The summed E-state index contributed by atoms with van der Waals surface area (Å²) in [6.45, 7) is 6.67. The molecule has 5 nitrogen and oxygen atoms in total. The number of aliphatic carboxylic acids is 1. The molecule has 2 bridgehead atoms. The lowest BCUT2D eigenvalue weighted by Gasteiger charge is -2.51. The quantitative estimate of drug-likeness (QED) is 0.358. The molecule has 0 aliphatic heterocycles. The second-order valence-electron chi connectivity index (χ2n) is 11.5. The fourth-order valence-corrected chi connectivity index (χ4v) is 6.62. The first kappa shape index (κ1) is 25.7. The fraction of sp³-hybridized carbons (Fsp3) is 0.500. The molecular formula is C32H40N2O3. The van der Waals surface area contributed by atoms with Gasteiger partial charge in [-0.1, -0.05) is 42.5 Å². The Morgan fingerprint density at radius 3 is 2.49 bits per heavy atom. The maximum absolute atomic E-state index is 11.7. The van der Waals surface area contributed by atoms with E-state index in [9.17, 15) is 9.90 Å². The lowest BCUT2D eigenvalue weighted by Crippen LogP contribution is -2.56. The molecule has 0 radical (unpaired) electrons. The third-order valence-electron chi connectivity index (χ3n) is 9.29. The summed E-state index contributed by atoms with van der Waals surface area (Å²) in [6.07, 6.45) is 18.0. The number of carbonyl (C=O) groups is 1. The third kappa shape index (κ3) is 5.67. The number of hydrogen-bond acceptors (Lipinski definition) is 4.